The van der Waals surface area contributed by atoms with E-state index in [-0.39, 0.29) is 6.42 Å². The van der Waals surface area contributed by atoms with Crippen molar-refractivity contribution < 1.29 is 9.90 Å². The summed E-state index contributed by atoms with van der Waals surface area (Å²) in [4.78, 5) is 19.3. The highest BCUT2D eigenvalue weighted by Gasteiger charge is 2.02. The number of aliphatic carboxylic acids is 1. The lowest BCUT2D eigenvalue weighted by Crippen LogP contribution is -2.13. The number of nitrogens with zero attached hydrogens (tertiary/aromatic N) is 2. The molecule has 0 saturated heterocycles. The Balaban J connectivity index is 1.55. The van der Waals surface area contributed by atoms with Crippen molar-refractivity contribution in [1.82, 2.24) is 15.3 Å². The van der Waals surface area contributed by atoms with Crippen molar-refractivity contribution >= 4 is 5.97 Å². The Morgan fingerprint density at radius 3 is 2.28 bits per heavy atom. The second kappa shape index (κ2) is 8.17. The molecule has 0 aliphatic carbocycles. The third kappa shape index (κ3) is 4.96. The molecule has 5 heteroatoms. The highest BCUT2D eigenvalue weighted by Crippen LogP contribution is 2.14. The quantitative estimate of drug-likeness (QED) is 0.695. The Kier molecular flexibility index (Phi) is 5.49. The number of carbonyl (C=O) groups is 1. The van der Waals surface area contributed by atoms with Crippen LogP contribution in [0.4, 0.5) is 0 Å². The van der Waals surface area contributed by atoms with Crippen LogP contribution in [0.15, 0.2) is 67.0 Å². The Hall–Kier alpha value is -3.05. The van der Waals surface area contributed by atoms with E-state index in [4.69, 9.17) is 5.11 Å². The van der Waals surface area contributed by atoms with Crippen LogP contribution in [0.25, 0.3) is 11.4 Å². The molecule has 1 aromatic heterocycles. The van der Waals surface area contributed by atoms with Crippen LogP contribution in [0.2, 0.25) is 0 Å². The Bertz CT molecular complexity index is 833. The number of hydrogen-bond acceptors (Lipinski definition) is 4. The van der Waals surface area contributed by atoms with E-state index >= 15 is 0 Å². The third-order valence-electron chi connectivity index (χ3n) is 3.78. The lowest BCUT2D eigenvalue weighted by atomic mass is 10.1. The maximum atomic E-state index is 10.8. The predicted molar refractivity (Wildman–Crippen MR) is 95.8 cm³/mol. The molecule has 25 heavy (non-hydrogen) atoms. The summed E-state index contributed by atoms with van der Waals surface area (Å²) < 4.78 is 0. The topological polar surface area (TPSA) is 75.1 Å². The smallest absolute Gasteiger partial charge is 0.307 e. The van der Waals surface area contributed by atoms with Gasteiger partial charge >= 0.3 is 5.97 Å². The minimum Gasteiger partial charge on any atom is -0.481 e. The lowest BCUT2D eigenvalue weighted by Gasteiger charge is -2.07. The summed E-state index contributed by atoms with van der Waals surface area (Å²) >= 11 is 0. The summed E-state index contributed by atoms with van der Waals surface area (Å²) in [6.07, 6.45) is 3.52. The summed E-state index contributed by atoms with van der Waals surface area (Å²) in [6, 6.07) is 17.6. The molecule has 0 amide bonds. The first-order chi connectivity index (χ1) is 12.2. The molecule has 3 rings (SSSR count). The zero-order valence-corrected chi connectivity index (χ0v) is 13.7. The van der Waals surface area contributed by atoms with Gasteiger partial charge in [-0.2, -0.15) is 0 Å². The van der Waals surface area contributed by atoms with Gasteiger partial charge < -0.3 is 10.4 Å². The van der Waals surface area contributed by atoms with Gasteiger partial charge in [-0.3, -0.25) is 4.79 Å². The van der Waals surface area contributed by atoms with Crippen LogP contribution < -0.4 is 5.32 Å². The van der Waals surface area contributed by atoms with Crippen LogP contribution in [0, 0.1) is 0 Å². The van der Waals surface area contributed by atoms with Gasteiger partial charge in [-0.25, -0.2) is 9.97 Å². The van der Waals surface area contributed by atoms with Crippen molar-refractivity contribution in [2.24, 2.45) is 0 Å². The standard InChI is InChI=1S/C20H19N3O2/c24-19(25)12-16-3-1-4-17(11-16)14-21-13-15-5-7-18(8-6-15)20-22-9-2-10-23-20/h1-11,21H,12-14H2,(H,24,25). The maximum absolute atomic E-state index is 10.8. The predicted octanol–water partition coefficient (Wildman–Crippen LogP) is 3.06. The number of carboxylic acids is 1. The molecular weight excluding hydrogens is 314 g/mol. The number of aromatic nitrogens is 2. The molecule has 0 radical (unpaired) electrons. The maximum Gasteiger partial charge on any atom is 0.307 e. The number of rotatable bonds is 7. The number of benzene rings is 2. The van der Waals surface area contributed by atoms with Gasteiger partial charge in [0.1, 0.15) is 0 Å². The van der Waals surface area contributed by atoms with Crippen molar-refractivity contribution in [2.45, 2.75) is 19.5 Å². The molecule has 2 N–H and O–H groups in total. The van der Waals surface area contributed by atoms with E-state index in [1.165, 1.54) is 5.56 Å². The first-order valence-electron chi connectivity index (χ1n) is 8.07. The van der Waals surface area contributed by atoms with Gasteiger partial charge in [0.05, 0.1) is 6.42 Å². The lowest BCUT2D eigenvalue weighted by molar-refractivity contribution is -0.136. The molecule has 1 heterocycles. The highest BCUT2D eigenvalue weighted by atomic mass is 16.4. The van der Waals surface area contributed by atoms with E-state index in [0.717, 1.165) is 29.1 Å². The first-order valence-corrected chi connectivity index (χ1v) is 8.07. The minimum atomic E-state index is -0.812. The van der Waals surface area contributed by atoms with Crippen LogP contribution >= 0.6 is 0 Å². The van der Waals surface area contributed by atoms with E-state index in [1.54, 1.807) is 18.5 Å². The summed E-state index contributed by atoms with van der Waals surface area (Å²) in [5.74, 6) is -0.0927. The molecule has 0 aliphatic heterocycles. The first kappa shape index (κ1) is 16.8. The van der Waals surface area contributed by atoms with Crippen molar-refractivity contribution in [3.63, 3.8) is 0 Å². The molecule has 2 aromatic carbocycles. The molecule has 0 atom stereocenters. The molecular formula is C20H19N3O2. The second-order valence-corrected chi connectivity index (χ2v) is 5.76. The van der Waals surface area contributed by atoms with E-state index in [2.05, 4.69) is 27.4 Å². The van der Waals surface area contributed by atoms with Crippen LogP contribution in [-0.2, 0) is 24.3 Å². The second-order valence-electron chi connectivity index (χ2n) is 5.76. The molecule has 0 bridgehead atoms. The van der Waals surface area contributed by atoms with E-state index < -0.39 is 5.97 Å². The number of carboxylic acid groups (broad SMARTS) is 1. The number of hydrogen-bond donors (Lipinski definition) is 2. The largest absolute Gasteiger partial charge is 0.481 e. The van der Waals surface area contributed by atoms with Gasteiger partial charge in [0.15, 0.2) is 5.82 Å². The van der Waals surface area contributed by atoms with Gasteiger partial charge in [0.2, 0.25) is 0 Å². The van der Waals surface area contributed by atoms with Gasteiger partial charge in [-0.1, -0.05) is 48.5 Å². The highest BCUT2D eigenvalue weighted by molar-refractivity contribution is 5.70. The van der Waals surface area contributed by atoms with E-state index in [1.807, 2.05) is 36.4 Å². The third-order valence-corrected chi connectivity index (χ3v) is 3.78. The van der Waals surface area contributed by atoms with Crippen LogP contribution in [0.5, 0.6) is 0 Å². The Labute approximate surface area is 146 Å². The van der Waals surface area contributed by atoms with Gasteiger partial charge in [-0.05, 0) is 22.8 Å². The molecule has 5 nitrogen and oxygen atoms in total. The van der Waals surface area contributed by atoms with Crippen molar-refractivity contribution in [3.8, 4) is 11.4 Å². The average Bonchev–Trinajstić information content (AvgIpc) is 2.63. The molecule has 126 valence electrons. The zero-order chi connectivity index (χ0) is 17.5. The monoisotopic (exact) mass is 333 g/mol. The molecule has 0 spiro atoms. The van der Waals surface area contributed by atoms with Crippen LogP contribution in [0.3, 0.4) is 0 Å². The molecule has 0 aliphatic rings. The van der Waals surface area contributed by atoms with Crippen molar-refractivity contribution in [1.29, 1.82) is 0 Å². The SMILES string of the molecule is O=C(O)Cc1cccc(CNCc2ccc(-c3ncccn3)cc2)c1. The zero-order valence-electron chi connectivity index (χ0n) is 13.7. The van der Waals surface area contributed by atoms with E-state index in [9.17, 15) is 4.79 Å². The van der Waals surface area contributed by atoms with E-state index in [0.29, 0.717) is 6.54 Å². The van der Waals surface area contributed by atoms with Crippen LogP contribution in [0.1, 0.15) is 16.7 Å². The fourth-order valence-corrected chi connectivity index (χ4v) is 2.60. The van der Waals surface area contributed by atoms with Gasteiger partial charge in [0.25, 0.3) is 0 Å². The number of nitrogens with one attached hydrogen (secondary N) is 1. The van der Waals surface area contributed by atoms with Crippen molar-refractivity contribution in [3.05, 3.63) is 83.7 Å². The minimum absolute atomic E-state index is 0.0524. The molecule has 0 fully saturated rings. The van der Waals surface area contributed by atoms with Crippen molar-refractivity contribution in [2.75, 3.05) is 0 Å². The van der Waals surface area contributed by atoms with Gasteiger partial charge in [-0.15, -0.1) is 0 Å². The fraction of sp³-hybridized carbons (Fsp3) is 0.150. The summed E-state index contributed by atoms with van der Waals surface area (Å²) in [5, 5.41) is 12.2. The Morgan fingerprint density at radius 2 is 1.56 bits per heavy atom. The normalized spacial score (nSPS) is 10.6. The summed E-state index contributed by atoms with van der Waals surface area (Å²) in [6.45, 7) is 1.43. The summed E-state index contributed by atoms with van der Waals surface area (Å²) in [7, 11) is 0. The molecule has 3 aromatic rings. The molecule has 0 saturated carbocycles. The molecule has 0 unspecified atom stereocenters. The summed E-state index contributed by atoms with van der Waals surface area (Å²) in [5.41, 5.74) is 4.05. The Morgan fingerprint density at radius 1 is 0.880 bits per heavy atom. The van der Waals surface area contributed by atoms with Crippen LogP contribution in [-0.4, -0.2) is 21.0 Å². The van der Waals surface area contributed by atoms with Gasteiger partial charge in [0, 0.05) is 31.0 Å². The fourth-order valence-electron chi connectivity index (χ4n) is 2.60. The average molecular weight is 333 g/mol.